The fourth-order valence-electron chi connectivity index (χ4n) is 1.72. The normalized spacial score (nSPS) is 9.90. The zero-order valence-corrected chi connectivity index (χ0v) is 15.4. The molecule has 4 nitrogen and oxygen atoms in total. The second kappa shape index (κ2) is 9.24. The van der Waals surface area contributed by atoms with Crippen molar-refractivity contribution in [3.05, 3.63) is 28.8 Å². The fourth-order valence-corrected chi connectivity index (χ4v) is 1.92. The molecule has 0 aliphatic carbocycles. The van der Waals surface area contributed by atoms with Crippen LogP contribution in [-0.4, -0.2) is 50.6 Å². The average Bonchev–Trinajstić information content (AvgIpc) is 2.31. The lowest BCUT2D eigenvalue weighted by Gasteiger charge is -2.22. The number of guanidine groups is 1. The number of halogens is 4. The van der Waals surface area contributed by atoms with Crippen LogP contribution in [-0.2, 0) is 6.54 Å². The molecule has 0 bridgehead atoms. The second-order valence-corrected chi connectivity index (χ2v) is 4.97. The van der Waals surface area contributed by atoms with Gasteiger partial charge in [0.1, 0.15) is 5.75 Å². The van der Waals surface area contributed by atoms with Gasteiger partial charge in [-0.25, -0.2) is 4.99 Å². The van der Waals surface area contributed by atoms with Crippen LogP contribution in [0.15, 0.2) is 23.2 Å². The Labute approximate surface area is 145 Å². The molecule has 120 valence electrons. The van der Waals surface area contributed by atoms with Crippen LogP contribution in [0.25, 0.3) is 0 Å². The fraction of sp³-hybridized carbons (Fsp3) is 0.462. The van der Waals surface area contributed by atoms with Gasteiger partial charge in [-0.1, -0.05) is 11.6 Å². The van der Waals surface area contributed by atoms with Crippen molar-refractivity contribution >= 4 is 41.5 Å². The van der Waals surface area contributed by atoms with Gasteiger partial charge in [-0.15, -0.1) is 24.0 Å². The lowest BCUT2D eigenvalue weighted by molar-refractivity contribution is -0.0504. The van der Waals surface area contributed by atoms with E-state index in [2.05, 4.69) is 9.73 Å². The molecule has 0 aliphatic rings. The minimum atomic E-state index is -2.87. The Hall–Kier alpha value is -0.830. The highest BCUT2D eigenvalue weighted by Crippen LogP contribution is 2.25. The third-order valence-electron chi connectivity index (χ3n) is 2.43. The summed E-state index contributed by atoms with van der Waals surface area (Å²) in [6.07, 6.45) is 0. The van der Waals surface area contributed by atoms with Gasteiger partial charge in [-0.2, -0.15) is 8.78 Å². The van der Waals surface area contributed by atoms with E-state index >= 15 is 0 Å². The van der Waals surface area contributed by atoms with Crippen molar-refractivity contribution < 1.29 is 13.5 Å². The molecule has 0 fully saturated rings. The van der Waals surface area contributed by atoms with E-state index in [4.69, 9.17) is 11.6 Å². The van der Waals surface area contributed by atoms with Crippen molar-refractivity contribution in [2.45, 2.75) is 13.2 Å². The first-order chi connectivity index (χ1) is 9.31. The number of hydrogen-bond acceptors (Lipinski definition) is 2. The van der Waals surface area contributed by atoms with Crippen LogP contribution in [0.3, 0.4) is 0 Å². The molecule has 0 heterocycles. The first kappa shape index (κ1) is 20.2. The minimum Gasteiger partial charge on any atom is -0.434 e. The smallest absolute Gasteiger partial charge is 0.387 e. The molecule has 1 aromatic carbocycles. The molecule has 8 heteroatoms. The Morgan fingerprint density at radius 2 is 1.81 bits per heavy atom. The summed E-state index contributed by atoms with van der Waals surface area (Å²) >= 11 is 5.88. The average molecular weight is 434 g/mol. The van der Waals surface area contributed by atoms with Gasteiger partial charge in [-0.3, -0.25) is 0 Å². The summed E-state index contributed by atoms with van der Waals surface area (Å²) in [5, 5.41) is 0.452. The zero-order valence-electron chi connectivity index (χ0n) is 12.3. The van der Waals surface area contributed by atoms with Crippen LogP contribution in [0.2, 0.25) is 5.02 Å². The van der Waals surface area contributed by atoms with Crippen molar-refractivity contribution in [1.29, 1.82) is 0 Å². The van der Waals surface area contributed by atoms with Crippen molar-refractivity contribution in [2.24, 2.45) is 4.99 Å². The predicted molar refractivity (Wildman–Crippen MR) is 92.0 cm³/mol. The molecular formula is C13H19ClF2IN3O. The maximum atomic E-state index is 12.3. The first-order valence-corrected chi connectivity index (χ1v) is 6.31. The van der Waals surface area contributed by atoms with Crippen molar-refractivity contribution in [2.75, 3.05) is 28.2 Å². The molecule has 0 atom stereocenters. The molecule has 21 heavy (non-hydrogen) atoms. The summed E-state index contributed by atoms with van der Waals surface area (Å²) in [6.45, 7) is -2.67. The lowest BCUT2D eigenvalue weighted by Crippen LogP contribution is -2.35. The Kier molecular flexibility index (Phi) is 8.88. The summed E-state index contributed by atoms with van der Waals surface area (Å²) < 4.78 is 29.2. The summed E-state index contributed by atoms with van der Waals surface area (Å²) in [7, 11) is 7.42. The highest BCUT2D eigenvalue weighted by atomic mass is 127. The Bertz CT molecular complexity index is 474. The van der Waals surface area contributed by atoms with E-state index < -0.39 is 6.61 Å². The largest absolute Gasteiger partial charge is 0.434 e. The van der Waals surface area contributed by atoms with Gasteiger partial charge in [-0.05, 0) is 18.2 Å². The highest BCUT2D eigenvalue weighted by Gasteiger charge is 2.11. The topological polar surface area (TPSA) is 28.1 Å². The lowest BCUT2D eigenvalue weighted by atomic mass is 10.2. The third-order valence-corrected chi connectivity index (χ3v) is 2.66. The van der Waals surface area contributed by atoms with Gasteiger partial charge >= 0.3 is 6.61 Å². The van der Waals surface area contributed by atoms with Crippen LogP contribution < -0.4 is 4.74 Å². The molecule has 0 saturated heterocycles. The first-order valence-electron chi connectivity index (χ1n) is 5.93. The molecule has 1 rings (SSSR count). The van der Waals surface area contributed by atoms with Crippen LogP contribution in [0.4, 0.5) is 8.78 Å². The maximum Gasteiger partial charge on any atom is 0.387 e. The van der Waals surface area contributed by atoms with Gasteiger partial charge in [0.2, 0.25) is 0 Å². The summed E-state index contributed by atoms with van der Waals surface area (Å²) in [4.78, 5) is 8.05. The van der Waals surface area contributed by atoms with Gasteiger partial charge < -0.3 is 14.5 Å². The van der Waals surface area contributed by atoms with Gasteiger partial charge in [0.05, 0.1) is 6.54 Å². The molecule has 0 spiro atoms. The number of hydrogen-bond donors (Lipinski definition) is 0. The van der Waals surface area contributed by atoms with Crippen LogP contribution >= 0.6 is 35.6 Å². The molecule has 0 aliphatic heterocycles. The second-order valence-electron chi connectivity index (χ2n) is 4.54. The molecule has 0 unspecified atom stereocenters. The molecule has 0 radical (unpaired) electrons. The number of ether oxygens (including phenoxy) is 1. The number of aliphatic imine (C=N–C) groups is 1. The standard InChI is InChI=1S/C13H18ClF2N3O.HI/c1-18(2)13(19(3)4)17-8-9-7-10(14)5-6-11(9)20-12(15)16;/h5-7,12H,8H2,1-4H3;1H. The number of benzene rings is 1. The van der Waals surface area contributed by atoms with E-state index in [1.807, 2.05) is 38.0 Å². The Balaban J connectivity index is 0.00000400. The Morgan fingerprint density at radius 3 is 2.29 bits per heavy atom. The monoisotopic (exact) mass is 433 g/mol. The SMILES string of the molecule is CN(C)C(=NCc1cc(Cl)ccc1OC(F)F)N(C)C.I. The maximum absolute atomic E-state index is 12.3. The molecular weight excluding hydrogens is 415 g/mol. The van der Waals surface area contributed by atoms with Gasteiger partial charge in [0.15, 0.2) is 5.96 Å². The predicted octanol–water partition coefficient (Wildman–Crippen LogP) is 3.54. The third kappa shape index (κ3) is 6.64. The zero-order chi connectivity index (χ0) is 15.3. The molecule has 0 amide bonds. The van der Waals surface area contributed by atoms with E-state index in [1.54, 1.807) is 6.07 Å². The number of alkyl halides is 2. The molecule has 0 saturated carbocycles. The van der Waals surface area contributed by atoms with Crippen LogP contribution in [0, 0.1) is 0 Å². The highest BCUT2D eigenvalue weighted by molar-refractivity contribution is 14.0. The van der Waals surface area contributed by atoms with E-state index in [0.717, 1.165) is 0 Å². The summed E-state index contributed by atoms with van der Waals surface area (Å²) in [5.74, 6) is 0.804. The summed E-state index contributed by atoms with van der Waals surface area (Å²) in [5.41, 5.74) is 0.513. The van der Waals surface area contributed by atoms with Crippen LogP contribution in [0.1, 0.15) is 5.56 Å². The van der Waals surface area contributed by atoms with E-state index in [1.165, 1.54) is 12.1 Å². The van der Waals surface area contributed by atoms with E-state index in [0.29, 0.717) is 16.5 Å². The molecule has 1 aromatic rings. The van der Waals surface area contributed by atoms with Crippen molar-refractivity contribution in [1.82, 2.24) is 9.80 Å². The van der Waals surface area contributed by atoms with E-state index in [-0.39, 0.29) is 36.3 Å². The number of nitrogens with zero attached hydrogens (tertiary/aromatic N) is 3. The van der Waals surface area contributed by atoms with E-state index in [9.17, 15) is 8.78 Å². The molecule has 0 aromatic heterocycles. The van der Waals surface area contributed by atoms with Crippen LogP contribution in [0.5, 0.6) is 5.75 Å². The van der Waals surface area contributed by atoms with Crippen molar-refractivity contribution in [3.63, 3.8) is 0 Å². The summed E-state index contributed by atoms with van der Waals surface area (Å²) in [6, 6.07) is 4.50. The number of rotatable bonds is 4. The minimum absolute atomic E-state index is 0. The molecule has 0 N–H and O–H groups in total. The van der Waals surface area contributed by atoms with Gasteiger partial charge in [0, 0.05) is 38.8 Å². The quantitative estimate of drug-likeness (QED) is 0.413. The Morgan fingerprint density at radius 1 is 1.24 bits per heavy atom. The van der Waals surface area contributed by atoms with Crippen molar-refractivity contribution in [3.8, 4) is 5.75 Å². The van der Waals surface area contributed by atoms with Gasteiger partial charge in [0.25, 0.3) is 0 Å².